The molecule has 4 nitrogen and oxygen atoms in total. The predicted octanol–water partition coefficient (Wildman–Crippen LogP) is 3.07. The van der Waals surface area contributed by atoms with E-state index in [0.29, 0.717) is 16.4 Å². The normalized spacial score (nSPS) is 11.9. The van der Waals surface area contributed by atoms with Crippen molar-refractivity contribution in [1.82, 2.24) is 0 Å². The molecule has 2 aromatic carbocycles. The lowest BCUT2D eigenvalue weighted by Crippen LogP contribution is -1.89. The van der Waals surface area contributed by atoms with Crippen LogP contribution < -0.4 is 9.47 Å². The van der Waals surface area contributed by atoms with E-state index in [-0.39, 0.29) is 0 Å². The van der Waals surface area contributed by atoms with Gasteiger partial charge in [0.25, 0.3) is 0 Å². The molecule has 94 valence electrons. The van der Waals surface area contributed by atoms with Crippen molar-refractivity contribution in [3.05, 3.63) is 48.5 Å². The molecule has 0 aliphatic rings. The van der Waals surface area contributed by atoms with Gasteiger partial charge in [0.2, 0.25) is 0 Å². The van der Waals surface area contributed by atoms with Gasteiger partial charge in [-0.1, -0.05) is 0 Å². The first kappa shape index (κ1) is 12.6. The first-order valence-electron chi connectivity index (χ1n) is 5.22. The van der Waals surface area contributed by atoms with Crippen LogP contribution >= 0.6 is 0 Å². The molecule has 0 heterocycles. The van der Waals surface area contributed by atoms with E-state index in [2.05, 4.69) is 0 Å². The lowest BCUT2D eigenvalue weighted by molar-refractivity contribution is 0.413. The van der Waals surface area contributed by atoms with Gasteiger partial charge in [-0.2, -0.15) is 0 Å². The summed E-state index contributed by atoms with van der Waals surface area (Å²) in [5.41, 5.74) is 0. The molecule has 0 bridgehead atoms. The van der Waals surface area contributed by atoms with Gasteiger partial charge in [0.15, 0.2) is 11.1 Å². The Morgan fingerprint density at radius 1 is 0.889 bits per heavy atom. The summed E-state index contributed by atoms with van der Waals surface area (Å²) in [5.74, 6) is 2.04. The van der Waals surface area contributed by atoms with E-state index in [4.69, 9.17) is 14.0 Å². The van der Waals surface area contributed by atoms with E-state index in [0.717, 1.165) is 5.75 Å². The summed E-state index contributed by atoms with van der Waals surface area (Å²) in [6.45, 7) is 0. The zero-order valence-electron chi connectivity index (χ0n) is 9.70. The smallest absolute Gasteiger partial charge is 0.186 e. The second-order valence-corrected chi connectivity index (χ2v) is 4.47. The van der Waals surface area contributed by atoms with Crippen molar-refractivity contribution in [3.8, 4) is 17.2 Å². The van der Waals surface area contributed by atoms with E-state index in [1.165, 1.54) is 0 Å². The third-order valence-corrected chi connectivity index (χ3v) is 3.00. The van der Waals surface area contributed by atoms with E-state index in [1.54, 1.807) is 55.6 Å². The molecule has 18 heavy (non-hydrogen) atoms. The number of ether oxygens (including phenoxy) is 2. The second-order valence-electron chi connectivity index (χ2n) is 3.50. The Hall–Kier alpha value is -1.85. The molecule has 2 aromatic rings. The Balaban J connectivity index is 2.10. The Morgan fingerprint density at radius 2 is 1.33 bits per heavy atom. The van der Waals surface area contributed by atoms with Gasteiger partial charge in [-0.05, 0) is 48.5 Å². The SMILES string of the molecule is COc1ccc(Oc2ccc(S(=O)O)cc2)cc1. The number of hydrogen-bond donors (Lipinski definition) is 1. The maximum Gasteiger partial charge on any atom is 0.186 e. The molecule has 1 unspecified atom stereocenters. The fraction of sp³-hybridized carbons (Fsp3) is 0.0769. The summed E-state index contributed by atoms with van der Waals surface area (Å²) >= 11 is -1.96. The minimum atomic E-state index is -1.96. The zero-order chi connectivity index (χ0) is 13.0. The van der Waals surface area contributed by atoms with Crippen LogP contribution in [0.2, 0.25) is 0 Å². The molecule has 0 fully saturated rings. The van der Waals surface area contributed by atoms with Crippen LogP contribution in [0.25, 0.3) is 0 Å². The largest absolute Gasteiger partial charge is 0.497 e. The van der Waals surface area contributed by atoms with Gasteiger partial charge >= 0.3 is 0 Å². The molecule has 0 radical (unpaired) electrons. The molecular formula is C13H12O4S. The van der Waals surface area contributed by atoms with Crippen LogP contribution in [-0.4, -0.2) is 15.9 Å². The molecule has 1 atom stereocenters. The van der Waals surface area contributed by atoms with Gasteiger partial charge in [-0.15, -0.1) is 0 Å². The van der Waals surface area contributed by atoms with Crippen LogP contribution in [0, 0.1) is 0 Å². The summed E-state index contributed by atoms with van der Waals surface area (Å²) in [6, 6.07) is 13.6. The average Bonchev–Trinajstić information content (AvgIpc) is 2.40. The van der Waals surface area contributed by atoms with Gasteiger partial charge < -0.3 is 14.0 Å². The molecule has 5 heteroatoms. The standard InChI is InChI=1S/C13H12O4S/c1-16-10-2-4-11(5-3-10)17-12-6-8-13(9-7-12)18(14)15/h2-9H,1H3,(H,14,15). The molecule has 0 amide bonds. The highest BCUT2D eigenvalue weighted by atomic mass is 32.2. The lowest BCUT2D eigenvalue weighted by Gasteiger charge is -2.06. The van der Waals surface area contributed by atoms with Crippen LogP contribution in [0.15, 0.2) is 53.4 Å². The summed E-state index contributed by atoms with van der Waals surface area (Å²) < 4.78 is 30.3. The topological polar surface area (TPSA) is 55.8 Å². The average molecular weight is 264 g/mol. The van der Waals surface area contributed by atoms with E-state index >= 15 is 0 Å². The quantitative estimate of drug-likeness (QED) is 0.862. The molecule has 1 N–H and O–H groups in total. The number of benzene rings is 2. The Kier molecular flexibility index (Phi) is 3.96. The summed E-state index contributed by atoms with van der Waals surface area (Å²) in [5, 5.41) is 0. The Morgan fingerprint density at radius 3 is 1.78 bits per heavy atom. The van der Waals surface area contributed by atoms with Gasteiger partial charge in [0, 0.05) is 0 Å². The highest BCUT2D eigenvalue weighted by Gasteiger charge is 2.01. The first-order valence-corrected chi connectivity index (χ1v) is 6.32. The van der Waals surface area contributed by atoms with E-state index in [9.17, 15) is 4.21 Å². The first-order chi connectivity index (χ1) is 8.69. The maximum absolute atomic E-state index is 10.8. The van der Waals surface area contributed by atoms with Crippen molar-refractivity contribution in [2.45, 2.75) is 4.90 Å². The van der Waals surface area contributed by atoms with Crippen molar-refractivity contribution < 1.29 is 18.2 Å². The minimum Gasteiger partial charge on any atom is -0.497 e. The summed E-state index contributed by atoms with van der Waals surface area (Å²) in [6.07, 6.45) is 0. The molecule has 0 saturated carbocycles. The molecular weight excluding hydrogens is 252 g/mol. The van der Waals surface area contributed by atoms with Crippen molar-refractivity contribution in [2.24, 2.45) is 0 Å². The summed E-state index contributed by atoms with van der Waals surface area (Å²) in [4.78, 5) is 0.345. The molecule has 0 spiro atoms. The second kappa shape index (κ2) is 5.66. The molecule has 2 rings (SSSR count). The van der Waals surface area contributed by atoms with Crippen LogP contribution in [0.1, 0.15) is 0 Å². The Labute approximate surface area is 107 Å². The predicted molar refractivity (Wildman–Crippen MR) is 68.5 cm³/mol. The third kappa shape index (κ3) is 3.09. The maximum atomic E-state index is 10.8. The Bertz CT molecular complexity index is 534. The third-order valence-electron chi connectivity index (χ3n) is 2.32. The fourth-order valence-electron chi connectivity index (χ4n) is 1.40. The van der Waals surface area contributed by atoms with Crippen LogP contribution in [0.3, 0.4) is 0 Å². The minimum absolute atomic E-state index is 0.345. The zero-order valence-corrected chi connectivity index (χ0v) is 10.5. The van der Waals surface area contributed by atoms with Crippen molar-refractivity contribution in [1.29, 1.82) is 0 Å². The van der Waals surface area contributed by atoms with E-state index in [1.807, 2.05) is 0 Å². The van der Waals surface area contributed by atoms with Crippen molar-refractivity contribution in [2.75, 3.05) is 7.11 Å². The number of rotatable bonds is 4. The highest BCUT2D eigenvalue weighted by molar-refractivity contribution is 7.79. The molecule has 0 saturated heterocycles. The highest BCUT2D eigenvalue weighted by Crippen LogP contribution is 2.24. The van der Waals surface area contributed by atoms with Crippen LogP contribution in [0.4, 0.5) is 0 Å². The molecule has 0 aliphatic carbocycles. The number of methoxy groups -OCH3 is 1. The number of hydrogen-bond acceptors (Lipinski definition) is 3. The van der Waals surface area contributed by atoms with E-state index < -0.39 is 11.1 Å². The van der Waals surface area contributed by atoms with Crippen LogP contribution in [0.5, 0.6) is 17.2 Å². The lowest BCUT2D eigenvalue weighted by atomic mass is 10.3. The van der Waals surface area contributed by atoms with Crippen LogP contribution in [-0.2, 0) is 11.1 Å². The van der Waals surface area contributed by atoms with Gasteiger partial charge in [0.1, 0.15) is 17.2 Å². The molecule has 0 aromatic heterocycles. The van der Waals surface area contributed by atoms with Crippen molar-refractivity contribution in [3.63, 3.8) is 0 Å². The van der Waals surface area contributed by atoms with Gasteiger partial charge in [0.05, 0.1) is 12.0 Å². The van der Waals surface area contributed by atoms with Gasteiger partial charge in [-0.25, -0.2) is 4.21 Å². The fourth-order valence-corrected chi connectivity index (χ4v) is 1.77. The molecule has 0 aliphatic heterocycles. The van der Waals surface area contributed by atoms with Gasteiger partial charge in [-0.3, -0.25) is 0 Å². The van der Waals surface area contributed by atoms with Crippen molar-refractivity contribution >= 4 is 11.1 Å². The summed E-state index contributed by atoms with van der Waals surface area (Å²) in [7, 11) is 1.60. The monoisotopic (exact) mass is 264 g/mol.